The lowest BCUT2D eigenvalue weighted by atomic mass is 10.0. The molecule has 0 fully saturated rings. The normalized spacial score (nSPS) is 11.1. The van der Waals surface area contributed by atoms with Crippen molar-refractivity contribution in [2.75, 3.05) is 12.4 Å². The summed E-state index contributed by atoms with van der Waals surface area (Å²) in [5, 5.41) is 20.2. The van der Waals surface area contributed by atoms with E-state index in [9.17, 15) is 14.7 Å². The Morgan fingerprint density at radius 2 is 2.03 bits per heavy atom. The second-order valence-electron chi connectivity index (χ2n) is 7.45. The smallest absolute Gasteiger partial charge is 0.342 e. The number of benzene rings is 2. The monoisotopic (exact) mass is 476 g/mol. The second-order valence-corrected chi connectivity index (χ2v) is 9.00. The van der Waals surface area contributed by atoms with Crippen LogP contribution in [0.4, 0.5) is 0 Å². The molecule has 0 saturated heterocycles. The topological polar surface area (TPSA) is 97.0 Å². The van der Waals surface area contributed by atoms with E-state index in [0.29, 0.717) is 33.9 Å². The highest BCUT2D eigenvalue weighted by Crippen LogP contribution is 2.33. The first kappa shape index (κ1) is 24.0. The lowest BCUT2D eigenvalue weighted by Crippen LogP contribution is -2.05. The molecule has 0 radical (unpaired) electrons. The van der Waals surface area contributed by atoms with E-state index in [1.165, 1.54) is 6.92 Å². The molecule has 3 aromatic rings. The minimum Gasteiger partial charge on any atom is -0.507 e. The van der Waals surface area contributed by atoms with Gasteiger partial charge in [0, 0.05) is 10.6 Å². The third kappa shape index (κ3) is 5.78. The highest BCUT2D eigenvalue weighted by Gasteiger charge is 2.14. The third-order valence-electron chi connectivity index (χ3n) is 4.96. The Hall–Kier alpha value is -2.64. The van der Waals surface area contributed by atoms with Crippen molar-refractivity contribution in [1.82, 2.24) is 0 Å². The number of thioether (sulfide) groups is 1. The molecular weight excluding hydrogens is 452 g/mol. The van der Waals surface area contributed by atoms with Crippen molar-refractivity contribution in [2.45, 2.75) is 44.4 Å². The molecule has 0 saturated carbocycles. The van der Waals surface area contributed by atoms with E-state index in [2.05, 4.69) is 6.92 Å². The Balaban J connectivity index is 1.64. The van der Waals surface area contributed by atoms with Gasteiger partial charge < -0.3 is 19.4 Å². The quantitative estimate of drug-likeness (QED) is 0.223. The van der Waals surface area contributed by atoms with Gasteiger partial charge in [-0.2, -0.15) is 0 Å². The van der Waals surface area contributed by atoms with Crippen LogP contribution in [-0.4, -0.2) is 28.5 Å². The van der Waals surface area contributed by atoms with Crippen LogP contribution in [0.25, 0.3) is 11.0 Å². The van der Waals surface area contributed by atoms with Crippen molar-refractivity contribution < 1.29 is 24.2 Å². The maximum atomic E-state index is 11.9. The Bertz CT molecular complexity index is 1190. The molecule has 0 atom stereocenters. The number of aryl methyl sites for hydroxylation is 1. The van der Waals surface area contributed by atoms with Crippen LogP contribution in [0.5, 0.6) is 11.5 Å². The highest BCUT2D eigenvalue weighted by atomic mass is 35.5. The zero-order valence-corrected chi connectivity index (χ0v) is 19.5. The van der Waals surface area contributed by atoms with Crippen molar-refractivity contribution in [3.63, 3.8) is 0 Å². The third-order valence-corrected chi connectivity index (χ3v) is 6.54. The van der Waals surface area contributed by atoms with Crippen LogP contribution in [0.1, 0.15) is 36.5 Å². The first-order chi connectivity index (χ1) is 15.3. The molecule has 1 aromatic heterocycles. The van der Waals surface area contributed by atoms with Crippen LogP contribution in [-0.2, 0) is 17.6 Å². The second kappa shape index (κ2) is 10.8. The van der Waals surface area contributed by atoms with E-state index in [4.69, 9.17) is 25.9 Å². The number of rotatable bonds is 10. The molecule has 32 heavy (non-hydrogen) atoms. The lowest BCUT2D eigenvalue weighted by Gasteiger charge is -2.13. The van der Waals surface area contributed by atoms with E-state index in [0.717, 1.165) is 35.5 Å². The summed E-state index contributed by atoms with van der Waals surface area (Å²) in [6.45, 7) is 4.05. The summed E-state index contributed by atoms with van der Waals surface area (Å²) in [7, 11) is 0. The van der Waals surface area contributed by atoms with E-state index >= 15 is 0 Å². The molecule has 0 unspecified atom stereocenters. The number of halogens is 1. The predicted molar refractivity (Wildman–Crippen MR) is 127 cm³/mol. The molecule has 2 aromatic carbocycles. The van der Waals surface area contributed by atoms with E-state index in [1.54, 1.807) is 36.0 Å². The zero-order valence-electron chi connectivity index (χ0n) is 17.9. The SMILES string of the molecule is CCCc1cc2oc(=O)c(C)c(O)c2cc1OCCCSc1ccc(CC(=O)O)cc1Cl. The molecular formula is C24H25ClO6S. The standard InChI is InChI=1S/C24H25ClO6S/c1-3-5-16-12-20-17(23(28)14(2)24(29)31-20)13-19(16)30-8-4-9-32-21-7-6-15(10-18(21)25)11-22(26)27/h6-7,10,12-13,28H,3-5,8-9,11H2,1-2H3,(H,26,27). The van der Waals surface area contributed by atoms with Gasteiger partial charge in [-0.15, -0.1) is 11.8 Å². The number of aliphatic carboxylic acids is 1. The predicted octanol–water partition coefficient (Wildman–Crippen LogP) is 5.60. The molecule has 0 aliphatic carbocycles. The molecule has 2 N–H and O–H groups in total. The first-order valence-electron chi connectivity index (χ1n) is 10.3. The van der Waals surface area contributed by atoms with Gasteiger partial charge in [0.2, 0.25) is 0 Å². The molecule has 1 heterocycles. The summed E-state index contributed by atoms with van der Waals surface area (Å²) in [5.74, 6) is 0.471. The van der Waals surface area contributed by atoms with Gasteiger partial charge in [-0.1, -0.05) is 31.0 Å². The zero-order chi connectivity index (χ0) is 23.3. The summed E-state index contributed by atoms with van der Waals surface area (Å²) in [5.41, 5.74) is 1.58. The number of hydrogen-bond acceptors (Lipinski definition) is 6. The lowest BCUT2D eigenvalue weighted by molar-refractivity contribution is -0.136. The molecule has 3 rings (SSSR count). The fourth-order valence-electron chi connectivity index (χ4n) is 3.31. The average molecular weight is 477 g/mol. The number of ether oxygens (including phenoxy) is 1. The van der Waals surface area contributed by atoms with Crippen molar-refractivity contribution in [1.29, 1.82) is 0 Å². The van der Waals surface area contributed by atoms with Crippen LogP contribution < -0.4 is 10.4 Å². The van der Waals surface area contributed by atoms with Gasteiger partial charge in [-0.25, -0.2) is 4.79 Å². The van der Waals surface area contributed by atoms with Crippen LogP contribution in [0.3, 0.4) is 0 Å². The number of hydrogen-bond donors (Lipinski definition) is 2. The number of carbonyl (C=O) groups is 1. The van der Waals surface area contributed by atoms with E-state index in [1.807, 2.05) is 6.07 Å². The van der Waals surface area contributed by atoms with Crippen LogP contribution >= 0.6 is 23.4 Å². The maximum absolute atomic E-state index is 11.9. The van der Waals surface area contributed by atoms with E-state index in [-0.39, 0.29) is 17.7 Å². The minimum atomic E-state index is -0.889. The molecule has 6 nitrogen and oxygen atoms in total. The molecule has 0 aliphatic rings. The summed E-state index contributed by atoms with van der Waals surface area (Å²) < 4.78 is 11.3. The van der Waals surface area contributed by atoms with Gasteiger partial charge in [0.25, 0.3) is 0 Å². The largest absolute Gasteiger partial charge is 0.507 e. The van der Waals surface area contributed by atoms with Gasteiger partial charge in [-0.05, 0) is 55.2 Å². The van der Waals surface area contributed by atoms with Crippen LogP contribution in [0.2, 0.25) is 5.02 Å². The Kier molecular flexibility index (Phi) is 8.10. The minimum absolute atomic E-state index is 0.0527. The number of carboxylic acid groups (broad SMARTS) is 1. The van der Waals surface area contributed by atoms with Crippen LogP contribution in [0, 0.1) is 6.92 Å². The molecule has 0 amide bonds. The van der Waals surface area contributed by atoms with Gasteiger partial charge in [0.15, 0.2) is 0 Å². The van der Waals surface area contributed by atoms with Crippen LogP contribution in [0.15, 0.2) is 44.4 Å². The number of aromatic hydroxyl groups is 1. The summed E-state index contributed by atoms with van der Waals surface area (Å²) in [6, 6.07) is 8.80. The fraction of sp³-hybridized carbons (Fsp3) is 0.333. The number of carboxylic acids is 1. The van der Waals surface area contributed by atoms with E-state index < -0.39 is 11.6 Å². The summed E-state index contributed by atoms with van der Waals surface area (Å²) in [6.07, 6.45) is 2.37. The summed E-state index contributed by atoms with van der Waals surface area (Å²) >= 11 is 7.86. The first-order valence-corrected chi connectivity index (χ1v) is 11.7. The van der Waals surface area contributed by atoms with Crippen molar-refractivity contribution in [3.8, 4) is 11.5 Å². The van der Waals surface area contributed by atoms with Gasteiger partial charge in [0.05, 0.1) is 29.0 Å². The Labute approximate surface area is 195 Å². The maximum Gasteiger partial charge on any atom is 0.342 e. The highest BCUT2D eigenvalue weighted by molar-refractivity contribution is 7.99. The number of fused-ring (bicyclic) bond motifs is 1. The average Bonchev–Trinajstić information content (AvgIpc) is 2.73. The van der Waals surface area contributed by atoms with Gasteiger partial charge in [0.1, 0.15) is 17.1 Å². The fourth-order valence-corrected chi connectivity index (χ4v) is 4.52. The molecule has 0 spiro atoms. The van der Waals surface area contributed by atoms with Gasteiger partial charge in [-0.3, -0.25) is 4.79 Å². The molecule has 170 valence electrons. The van der Waals surface area contributed by atoms with Crippen molar-refractivity contribution >= 4 is 40.3 Å². The van der Waals surface area contributed by atoms with Gasteiger partial charge >= 0.3 is 11.6 Å². The van der Waals surface area contributed by atoms with Crippen molar-refractivity contribution in [3.05, 3.63) is 62.5 Å². The van der Waals surface area contributed by atoms with Crippen molar-refractivity contribution in [2.24, 2.45) is 0 Å². The molecule has 0 aliphatic heterocycles. The molecule has 0 bridgehead atoms. The summed E-state index contributed by atoms with van der Waals surface area (Å²) in [4.78, 5) is 23.6. The molecule has 8 heteroatoms. The Morgan fingerprint density at radius 1 is 1.25 bits per heavy atom. The Morgan fingerprint density at radius 3 is 2.72 bits per heavy atom.